The van der Waals surface area contributed by atoms with Gasteiger partial charge in [0.25, 0.3) is 0 Å². The quantitative estimate of drug-likeness (QED) is 0.944. The van der Waals surface area contributed by atoms with Gasteiger partial charge in [-0.15, -0.1) is 11.3 Å². The summed E-state index contributed by atoms with van der Waals surface area (Å²) in [6.07, 6.45) is 1.68. The third kappa shape index (κ3) is 2.89. The van der Waals surface area contributed by atoms with Crippen LogP contribution in [-0.2, 0) is 9.84 Å². The lowest BCUT2D eigenvalue weighted by Crippen LogP contribution is -2.01. The second-order valence-corrected chi connectivity index (χ2v) is 7.42. The summed E-state index contributed by atoms with van der Waals surface area (Å²) in [5.74, 6) is 0. The molecule has 0 radical (unpaired) electrons. The predicted octanol–water partition coefficient (Wildman–Crippen LogP) is 2.28. The molecule has 0 amide bonds. The van der Waals surface area contributed by atoms with Gasteiger partial charge >= 0.3 is 0 Å². The van der Waals surface area contributed by atoms with Gasteiger partial charge in [0.15, 0.2) is 14.3 Å². The third-order valence-corrected chi connectivity index (χ3v) is 4.64. The van der Waals surface area contributed by atoms with Crippen molar-refractivity contribution in [3.63, 3.8) is 0 Å². The molecule has 18 heavy (non-hydrogen) atoms. The van der Waals surface area contributed by atoms with Crippen molar-refractivity contribution < 1.29 is 13.5 Å². The molecule has 1 heterocycles. The molecule has 0 bridgehead atoms. The molecule has 0 aliphatic carbocycles. The lowest BCUT2D eigenvalue weighted by molar-refractivity contribution is 0.223. The molecule has 4 nitrogen and oxygen atoms in total. The molecule has 0 saturated carbocycles. The normalized spacial score (nSPS) is 13.5. The zero-order valence-electron chi connectivity index (χ0n) is 9.37. The topological polar surface area (TPSA) is 67.3 Å². The van der Waals surface area contributed by atoms with Gasteiger partial charge in [-0.25, -0.2) is 13.4 Å². The highest BCUT2D eigenvalue weighted by Crippen LogP contribution is 2.29. The summed E-state index contributed by atoms with van der Waals surface area (Å²) in [6, 6.07) is 6.20. The number of aromatic nitrogens is 1. The fourth-order valence-corrected chi connectivity index (χ4v) is 3.12. The van der Waals surface area contributed by atoms with Crippen molar-refractivity contribution in [3.05, 3.63) is 45.4 Å². The number of aliphatic hydroxyl groups is 1. The number of nitrogens with zero attached hydrogens (tertiary/aromatic N) is 1. The molecule has 96 valence electrons. The molecule has 0 spiro atoms. The van der Waals surface area contributed by atoms with Crippen LogP contribution in [0, 0.1) is 0 Å². The van der Waals surface area contributed by atoms with Gasteiger partial charge < -0.3 is 5.11 Å². The summed E-state index contributed by atoms with van der Waals surface area (Å²) in [5, 5.41) is 10.1. The summed E-state index contributed by atoms with van der Waals surface area (Å²) >= 11 is 6.86. The van der Waals surface area contributed by atoms with E-state index in [1.807, 2.05) is 0 Å². The zero-order chi connectivity index (χ0) is 13.3. The lowest BCUT2D eigenvalue weighted by Gasteiger charge is -2.09. The molecule has 0 saturated heterocycles. The minimum Gasteiger partial charge on any atom is -0.383 e. The van der Waals surface area contributed by atoms with Gasteiger partial charge in [-0.3, -0.25) is 0 Å². The Labute approximate surface area is 114 Å². The van der Waals surface area contributed by atoms with Crippen LogP contribution in [0.1, 0.15) is 16.5 Å². The fraction of sp³-hybridized carbons (Fsp3) is 0.182. The van der Waals surface area contributed by atoms with E-state index in [0.29, 0.717) is 14.9 Å². The smallest absolute Gasteiger partial charge is 0.183 e. The molecule has 1 aromatic carbocycles. The van der Waals surface area contributed by atoms with Crippen LogP contribution in [0.15, 0.2) is 35.4 Å². The Hall–Kier alpha value is -0.950. The number of aliphatic hydroxyl groups excluding tert-OH is 1. The number of halogens is 1. The minimum absolute atomic E-state index is 0.176. The van der Waals surface area contributed by atoms with Crippen LogP contribution in [0.25, 0.3) is 0 Å². The second-order valence-electron chi connectivity index (χ2n) is 3.76. The Morgan fingerprint density at radius 3 is 2.72 bits per heavy atom. The molecule has 1 aromatic heterocycles. The average Bonchev–Trinajstić information content (AvgIpc) is 2.74. The van der Waals surface area contributed by atoms with Gasteiger partial charge in [0, 0.05) is 12.5 Å². The molecule has 1 N–H and O–H groups in total. The van der Waals surface area contributed by atoms with Gasteiger partial charge in [-0.1, -0.05) is 23.7 Å². The molecule has 0 aliphatic rings. The Balaban J connectivity index is 2.40. The van der Waals surface area contributed by atoms with E-state index in [0.717, 1.165) is 17.6 Å². The molecule has 0 fully saturated rings. The van der Waals surface area contributed by atoms with E-state index in [-0.39, 0.29) is 4.90 Å². The van der Waals surface area contributed by atoms with Crippen LogP contribution in [0.4, 0.5) is 0 Å². The Morgan fingerprint density at radius 2 is 2.17 bits per heavy atom. The van der Waals surface area contributed by atoms with Gasteiger partial charge in [-0.05, 0) is 17.7 Å². The van der Waals surface area contributed by atoms with Crippen molar-refractivity contribution >= 4 is 32.8 Å². The highest BCUT2D eigenvalue weighted by atomic mass is 35.5. The van der Waals surface area contributed by atoms with Crippen molar-refractivity contribution in [2.24, 2.45) is 0 Å². The first-order chi connectivity index (χ1) is 8.38. The summed E-state index contributed by atoms with van der Waals surface area (Å²) in [7, 11) is -3.29. The van der Waals surface area contributed by atoms with Gasteiger partial charge in [0.05, 0.1) is 9.77 Å². The van der Waals surface area contributed by atoms with Gasteiger partial charge in [0.2, 0.25) is 0 Å². The van der Waals surface area contributed by atoms with Crippen molar-refractivity contribution in [2.45, 2.75) is 11.0 Å². The fourth-order valence-electron chi connectivity index (χ4n) is 1.47. The third-order valence-electron chi connectivity index (χ3n) is 2.37. The summed E-state index contributed by atoms with van der Waals surface area (Å²) < 4.78 is 23.2. The van der Waals surface area contributed by atoms with Crippen LogP contribution < -0.4 is 0 Å². The van der Waals surface area contributed by atoms with Crippen LogP contribution >= 0.6 is 22.9 Å². The standard InChI is InChI=1S/C11H10ClNO3S2/c1-18(15,16)8-4-2-3-7(5-8)10(14)9-6-13-11(12)17-9/h2-6,10,14H,1H3. The van der Waals surface area contributed by atoms with E-state index in [1.165, 1.54) is 18.3 Å². The van der Waals surface area contributed by atoms with Crippen molar-refractivity contribution in [3.8, 4) is 0 Å². The van der Waals surface area contributed by atoms with Crippen LogP contribution in [0.3, 0.4) is 0 Å². The summed E-state index contributed by atoms with van der Waals surface area (Å²) in [4.78, 5) is 4.59. The van der Waals surface area contributed by atoms with Crippen molar-refractivity contribution in [2.75, 3.05) is 6.26 Å². The molecule has 0 aliphatic heterocycles. The number of hydrogen-bond acceptors (Lipinski definition) is 5. The van der Waals surface area contributed by atoms with Crippen molar-refractivity contribution in [1.29, 1.82) is 0 Å². The van der Waals surface area contributed by atoms with Gasteiger partial charge in [-0.2, -0.15) is 0 Å². The largest absolute Gasteiger partial charge is 0.383 e. The summed E-state index contributed by atoms with van der Waals surface area (Å²) in [5.41, 5.74) is 0.498. The van der Waals surface area contributed by atoms with E-state index >= 15 is 0 Å². The van der Waals surface area contributed by atoms with E-state index in [4.69, 9.17) is 11.6 Å². The number of rotatable bonds is 3. The molecule has 7 heteroatoms. The maximum absolute atomic E-state index is 11.4. The number of hydrogen-bond donors (Lipinski definition) is 1. The van der Waals surface area contributed by atoms with E-state index in [2.05, 4.69) is 4.98 Å². The maximum Gasteiger partial charge on any atom is 0.183 e. The maximum atomic E-state index is 11.4. The molecule has 2 aromatic rings. The molecular formula is C11H10ClNO3S2. The van der Waals surface area contributed by atoms with Gasteiger partial charge in [0.1, 0.15) is 6.10 Å². The van der Waals surface area contributed by atoms with Crippen LogP contribution in [0.2, 0.25) is 4.47 Å². The average molecular weight is 304 g/mol. The number of benzene rings is 1. The highest BCUT2D eigenvalue weighted by Gasteiger charge is 2.16. The zero-order valence-corrected chi connectivity index (χ0v) is 11.8. The first kappa shape index (κ1) is 13.5. The minimum atomic E-state index is -3.29. The van der Waals surface area contributed by atoms with Crippen LogP contribution in [0.5, 0.6) is 0 Å². The lowest BCUT2D eigenvalue weighted by atomic mass is 10.1. The summed E-state index contributed by atoms with van der Waals surface area (Å²) in [6.45, 7) is 0. The second kappa shape index (κ2) is 4.97. The van der Waals surface area contributed by atoms with E-state index in [9.17, 15) is 13.5 Å². The monoisotopic (exact) mass is 303 g/mol. The molecule has 2 rings (SSSR count). The van der Waals surface area contributed by atoms with Crippen LogP contribution in [-0.4, -0.2) is 24.8 Å². The SMILES string of the molecule is CS(=O)(=O)c1cccc(C(O)c2cnc(Cl)s2)c1. The Morgan fingerprint density at radius 1 is 1.44 bits per heavy atom. The first-order valence-corrected chi connectivity index (χ1v) is 8.06. The molecule has 1 unspecified atom stereocenters. The molecular weight excluding hydrogens is 294 g/mol. The van der Waals surface area contributed by atoms with E-state index in [1.54, 1.807) is 12.1 Å². The Bertz CT molecular complexity index is 666. The molecule has 1 atom stereocenters. The number of sulfone groups is 1. The highest BCUT2D eigenvalue weighted by molar-refractivity contribution is 7.90. The first-order valence-electron chi connectivity index (χ1n) is 4.97. The Kier molecular flexibility index (Phi) is 3.72. The van der Waals surface area contributed by atoms with E-state index < -0.39 is 15.9 Å². The predicted molar refractivity (Wildman–Crippen MR) is 70.7 cm³/mol. The van der Waals surface area contributed by atoms with Crippen molar-refractivity contribution in [1.82, 2.24) is 4.98 Å². The number of thiazole rings is 1.